The van der Waals surface area contributed by atoms with Gasteiger partial charge in [0, 0.05) is 4.90 Å². The normalized spacial score (nSPS) is 11.0. The van der Waals surface area contributed by atoms with Gasteiger partial charge in [0.05, 0.1) is 48.7 Å². The van der Waals surface area contributed by atoms with Crippen molar-refractivity contribution in [1.82, 2.24) is 0 Å². The molecular weight excluding hydrogens is 1070 g/mol. The third kappa shape index (κ3) is 34.3. The molecular formula is C76H116O8S. The molecule has 0 aliphatic carbocycles. The van der Waals surface area contributed by atoms with E-state index in [-0.39, 0.29) is 53.6 Å². The maximum atomic E-state index is 14.0. The van der Waals surface area contributed by atoms with Crippen molar-refractivity contribution in [2.75, 3.05) is 26.4 Å². The van der Waals surface area contributed by atoms with Crippen LogP contribution in [0.1, 0.15) is 326 Å². The van der Waals surface area contributed by atoms with Crippen LogP contribution in [-0.4, -0.2) is 50.3 Å². The van der Waals surface area contributed by atoms with Gasteiger partial charge < -0.3 is 18.9 Å². The second-order valence-electron chi connectivity index (χ2n) is 23.6. The van der Waals surface area contributed by atoms with Crippen LogP contribution in [-0.2, 0) is 18.9 Å². The van der Waals surface area contributed by atoms with E-state index in [0.29, 0.717) is 11.1 Å². The van der Waals surface area contributed by atoms with Gasteiger partial charge in [-0.1, -0.05) is 332 Å². The van der Waals surface area contributed by atoms with Gasteiger partial charge in [-0.15, -0.1) is 12.6 Å². The van der Waals surface area contributed by atoms with Crippen LogP contribution in [0.4, 0.5) is 0 Å². The first kappa shape index (κ1) is 74.4. The summed E-state index contributed by atoms with van der Waals surface area (Å²) in [6, 6.07) is 29.0. The lowest BCUT2D eigenvalue weighted by atomic mass is 9.95. The van der Waals surface area contributed by atoms with E-state index >= 15 is 0 Å². The topological polar surface area (TPSA) is 105 Å². The molecule has 9 heteroatoms. The first-order chi connectivity index (χ1) is 41.8. The Morgan fingerprint density at radius 3 is 0.882 bits per heavy atom. The summed E-state index contributed by atoms with van der Waals surface area (Å²) in [5.74, 6) is -2.42. The average Bonchev–Trinajstić information content (AvgIpc) is 2.89. The van der Waals surface area contributed by atoms with Gasteiger partial charge in [-0.2, -0.15) is 0 Å². The van der Waals surface area contributed by atoms with Crippen LogP contribution in [0.2, 0.25) is 0 Å². The molecule has 0 aliphatic rings. The summed E-state index contributed by atoms with van der Waals surface area (Å²) in [6.45, 7) is 9.95. The lowest BCUT2D eigenvalue weighted by Gasteiger charge is -2.17. The van der Waals surface area contributed by atoms with Crippen LogP contribution in [0.15, 0.2) is 95.9 Å². The fourth-order valence-corrected chi connectivity index (χ4v) is 11.3. The van der Waals surface area contributed by atoms with E-state index in [1.165, 1.54) is 191 Å². The van der Waals surface area contributed by atoms with E-state index in [4.69, 9.17) is 31.6 Å². The van der Waals surface area contributed by atoms with Crippen molar-refractivity contribution in [3.05, 3.63) is 113 Å². The number of unbranched alkanes of at least 4 members (excludes halogenated alkanes) is 36. The molecule has 8 nitrogen and oxygen atoms in total. The molecule has 85 heavy (non-hydrogen) atoms. The highest BCUT2D eigenvalue weighted by atomic mass is 32.1. The second kappa shape index (κ2) is 51.2. The predicted octanol–water partition coefficient (Wildman–Crippen LogP) is 23.3. The lowest BCUT2D eigenvalue weighted by molar-refractivity contribution is 0.0447. The summed E-state index contributed by atoms with van der Waals surface area (Å²) < 4.78 is 23.2. The van der Waals surface area contributed by atoms with E-state index in [1.54, 1.807) is 30.3 Å². The molecule has 4 aromatic carbocycles. The Labute approximate surface area is 523 Å². The number of carbonyl (C=O) groups excluding carboxylic acids is 4. The molecule has 0 aromatic heterocycles. The fourth-order valence-electron chi connectivity index (χ4n) is 10.8. The van der Waals surface area contributed by atoms with Gasteiger partial charge in [-0.05, 0) is 66.1 Å². The second-order valence-corrected chi connectivity index (χ2v) is 24.1. The molecule has 0 N–H and O–H groups in total. The monoisotopic (exact) mass is 1190 g/mol. The van der Waals surface area contributed by atoms with Gasteiger partial charge in [0.25, 0.3) is 0 Å². The number of carbonyl (C=O) groups is 4. The van der Waals surface area contributed by atoms with Crippen LogP contribution in [0, 0.1) is 0 Å². The van der Waals surface area contributed by atoms with Crippen molar-refractivity contribution < 1.29 is 38.1 Å². The van der Waals surface area contributed by atoms with Crippen molar-refractivity contribution in [3.8, 4) is 22.3 Å². The number of thiol groups is 1. The van der Waals surface area contributed by atoms with Crippen LogP contribution < -0.4 is 0 Å². The quantitative estimate of drug-likeness (QED) is 0.0202. The summed E-state index contributed by atoms with van der Waals surface area (Å²) in [5.41, 5.74) is 3.95. The molecule has 0 spiro atoms. The molecule has 0 unspecified atom stereocenters. The molecule has 0 heterocycles. The van der Waals surface area contributed by atoms with E-state index < -0.39 is 23.9 Å². The average molecular weight is 1190 g/mol. The van der Waals surface area contributed by atoms with Crippen molar-refractivity contribution in [2.24, 2.45) is 0 Å². The van der Waals surface area contributed by atoms with E-state index in [2.05, 4.69) is 76.2 Å². The standard InChI is InChI=1S/C64H106O8S.C12H10/c1-5-9-13-17-21-25-29-33-37-41-49-69-61(65)56-46-45-54(53-58(56)63(67)71-51-43-39-35-31-27-23-19-15-11-7-3)55-47-48-57(62(66)70-50-42-38-34-30-26-22-18-14-10-6-2)59(60(55)73)64(68)72-52-44-40-36-32-28-24-20-16-12-8-4;1-3-7-11(8-4-1)12-9-5-2-6-10-12/h45-48,53,73H,5-44,49-52H2,1-4H3;1-10H. The van der Waals surface area contributed by atoms with Crippen LogP contribution in [0.3, 0.4) is 0 Å². The van der Waals surface area contributed by atoms with E-state index in [0.717, 1.165) is 77.0 Å². The Hall–Kier alpha value is -4.89. The zero-order chi connectivity index (χ0) is 61.1. The minimum absolute atomic E-state index is 0.0334. The molecule has 474 valence electrons. The molecule has 4 rings (SSSR count). The highest BCUT2D eigenvalue weighted by Gasteiger charge is 2.27. The molecule has 0 radical (unpaired) electrons. The Morgan fingerprint density at radius 2 is 0.553 bits per heavy atom. The van der Waals surface area contributed by atoms with Gasteiger partial charge >= 0.3 is 23.9 Å². The Morgan fingerprint density at radius 1 is 0.282 bits per heavy atom. The van der Waals surface area contributed by atoms with E-state index in [9.17, 15) is 19.2 Å². The van der Waals surface area contributed by atoms with Gasteiger partial charge in [0.2, 0.25) is 0 Å². The zero-order valence-corrected chi connectivity index (χ0v) is 54.9. The number of esters is 4. The molecule has 0 amide bonds. The number of hydrogen-bond acceptors (Lipinski definition) is 9. The number of rotatable bonds is 50. The smallest absolute Gasteiger partial charge is 0.340 e. The van der Waals surface area contributed by atoms with Gasteiger partial charge in [0.15, 0.2) is 0 Å². The largest absolute Gasteiger partial charge is 0.462 e. The summed E-state index contributed by atoms with van der Waals surface area (Å²) >= 11 is 4.91. The number of benzene rings is 4. The van der Waals surface area contributed by atoms with Gasteiger partial charge in [-0.25, -0.2) is 19.2 Å². The molecule has 0 aliphatic heterocycles. The first-order valence-corrected chi connectivity index (χ1v) is 35.0. The summed E-state index contributed by atoms with van der Waals surface area (Å²) in [7, 11) is 0. The number of ether oxygens (including phenoxy) is 4. The Balaban J connectivity index is 0.00000138. The van der Waals surface area contributed by atoms with Gasteiger partial charge in [0.1, 0.15) is 0 Å². The van der Waals surface area contributed by atoms with Crippen LogP contribution >= 0.6 is 12.6 Å². The number of hydrogen-bond donors (Lipinski definition) is 1. The summed E-state index contributed by atoms with van der Waals surface area (Å²) in [4.78, 5) is 55.6. The molecule has 0 fully saturated rings. The zero-order valence-electron chi connectivity index (χ0n) is 54.0. The molecule has 0 atom stereocenters. The van der Waals surface area contributed by atoms with Crippen LogP contribution in [0.25, 0.3) is 22.3 Å². The highest BCUT2D eigenvalue weighted by molar-refractivity contribution is 7.80. The third-order valence-electron chi connectivity index (χ3n) is 16.2. The van der Waals surface area contributed by atoms with Crippen LogP contribution in [0.5, 0.6) is 0 Å². The van der Waals surface area contributed by atoms with Crippen molar-refractivity contribution in [1.29, 1.82) is 0 Å². The van der Waals surface area contributed by atoms with Crippen molar-refractivity contribution in [2.45, 2.75) is 289 Å². The maximum absolute atomic E-state index is 14.0. The Bertz CT molecular complexity index is 2280. The fraction of sp³-hybridized carbons (Fsp3) is 0.632. The maximum Gasteiger partial charge on any atom is 0.340 e. The first-order valence-electron chi connectivity index (χ1n) is 34.6. The van der Waals surface area contributed by atoms with Crippen molar-refractivity contribution >= 4 is 36.5 Å². The van der Waals surface area contributed by atoms with E-state index in [1.807, 2.05) is 12.1 Å². The molecule has 0 saturated carbocycles. The van der Waals surface area contributed by atoms with Gasteiger partial charge in [-0.3, -0.25) is 0 Å². The molecule has 0 saturated heterocycles. The molecule has 4 aromatic rings. The minimum Gasteiger partial charge on any atom is -0.462 e. The highest BCUT2D eigenvalue weighted by Crippen LogP contribution is 2.35. The Kier molecular flexibility index (Phi) is 44.8. The predicted molar refractivity (Wildman–Crippen MR) is 360 cm³/mol. The van der Waals surface area contributed by atoms with Crippen molar-refractivity contribution in [3.63, 3.8) is 0 Å². The third-order valence-corrected chi connectivity index (χ3v) is 16.6. The summed E-state index contributed by atoms with van der Waals surface area (Å²) in [5, 5.41) is 0. The molecule has 0 bridgehead atoms. The summed E-state index contributed by atoms with van der Waals surface area (Å²) in [6.07, 6.45) is 46.6. The minimum atomic E-state index is -0.642. The SMILES string of the molecule is CCCCCCCCCCCCOC(=O)c1ccc(-c2ccc(C(=O)OCCCCCCCCCCCC)c(C(=O)OCCCCCCCCCCCC)c2S)cc1C(=O)OCCCCCCCCCCCC.c1ccc(-c2ccccc2)cc1. The lowest BCUT2D eigenvalue weighted by Crippen LogP contribution is -2.17.